The van der Waals surface area contributed by atoms with Gasteiger partial charge in [0, 0.05) is 6.07 Å². The molecule has 0 unspecified atom stereocenters. The van der Waals surface area contributed by atoms with Gasteiger partial charge < -0.3 is 10.2 Å². The van der Waals surface area contributed by atoms with Crippen molar-refractivity contribution in [2.24, 2.45) is 0 Å². The second kappa shape index (κ2) is 8.30. The Morgan fingerprint density at radius 3 is 2.41 bits per heavy atom. The predicted octanol–water partition coefficient (Wildman–Crippen LogP) is -1.18. The van der Waals surface area contributed by atoms with Crippen molar-refractivity contribution in [3.05, 3.63) is 18.2 Å². The summed E-state index contributed by atoms with van der Waals surface area (Å²) < 4.78 is 0. The van der Waals surface area contributed by atoms with Crippen LogP contribution in [0.25, 0.3) is 0 Å². The van der Waals surface area contributed by atoms with E-state index in [4.69, 9.17) is 4.84 Å². The molecule has 0 atom stereocenters. The summed E-state index contributed by atoms with van der Waals surface area (Å²) in [7, 11) is 0. The molecule has 0 radical (unpaired) electrons. The molecule has 1 aromatic rings. The highest BCUT2D eigenvalue weighted by Crippen LogP contribution is 2.24. The monoisotopic (exact) mass is 337 g/mol. The van der Waals surface area contributed by atoms with E-state index >= 15 is 0 Å². The molecular formula is C9H17N6O6S-. The molecule has 0 aliphatic rings. The molecule has 7 N–H and O–H groups in total. The Morgan fingerprint density at radius 2 is 1.82 bits per heavy atom. The lowest BCUT2D eigenvalue weighted by Crippen LogP contribution is -2.58. The van der Waals surface area contributed by atoms with Crippen LogP contribution in [0.15, 0.2) is 18.2 Å². The van der Waals surface area contributed by atoms with Crippen LogP contribution in [0.1, 0.15) is 13.8 Å². The highest BCUT2D eigenvalue weighted by molar-refractivity contribution is 7.81. The molecule has 0 aliphatic carbocycles. The molecule has 0 fully saturated rings. The molecule has 0 aromatic heterocycles. The van der Waals surface area contributed by atoms with Crippen LogP contribution in [-0.4, -0.2) is 25.7 Å². The smallest absolute Gasteiger partial charge is 0.128 e. The Labute approximate surface area is 130 Å². The minimum atomic E-state index is -0.801. The zero-order valence-electron chi connectivity index (χ0n) is 11.6. The number of phenols is 1. The van der Waals surface area contributed by atoms with Crippen LogP contribution in [0.2, 0.25) is 0 Å². The number of rotatable bonds is 9. The van der Waals surface area contributed by atoms with E-state index in [0.717, 1.165) is 18.2 Å². The number of nitrogens with one attached hydrogen (secondary N) is 4. The van der Waals surface area contributed by atoms with Gasteiger partial charge in [-0.3, -0.25) is 15.3 Å². The minimum Gasteiger partial charge on any atom is -0.872 e. The summed E-state index contributed by atoms with van der Waals surface area (Å²) in [5.41, 5.74) is 8.01. The Balaban J connectivity index is 2.28. The fraction of sp³-hybridized carbons (Fsp3) is 0.333. The van der Waals surface area contributed by atoms with Gasteiger partial charge in [0.2, 0.25) is 0 Å². The fourth-order valence-electron chi connectivity index (χ4n) is 1.06. The molecule has 0 amide bonds. The summed E-state index contributed by atoms with van der Waals surface area (Å²) in [4.78, 5) is 8.60. The van der Waals surface area contributed by atoms with Gasteiger partial charge in [-0.1, -0.05) is 5.59 Å². The average molecular weight is 337 g/mol. The summed E-state index contributed by atoms with van der Waals surface area (Å²) in [5, 5.41) is 39.4. The van der Waals surface area contributed by atoms with Crippen LogP contribution in [-0.2, 0) is 9.78 Å². The van der Waals surface area contributed by atoms with Crippen molar-refractivity contribution in [3.8, 4) is 11.5 Å². The first-order chi connectivity index (χ1) is 10.2. The van der Waals surface area contributed by atoms with Crippen molar-refractivity contribution in [1.82, 2.24) is 27.5 Å². The number of benzene rings is 1. The molecule has 0 heterocycles. The Bertz CT molecular complexity index is 454. The van der Waals surface area contributed by atoms with Gasteiger partial charge in [0.1, 0.15) is 10.7 Å². The summed E-state index contributed by atoms with van der Waals surface area (Å²) in [6.07, 6.45) is 0. The second-order valence-corrected chi connectivity index (χ2v) is 5.41. The van der Waals surface area contributed by atoms with E-state index in [2.05, 4.69) is 28.7 Å². The summed E-state index contributed by atoms with van der Waals surface area (Å²) in [5.74, 6) is -0.883. The van der Waals surface area contributed by atoms with Gasteiger partial charge in [0.25, 0.3) is 0 Å². The summed E-state index contributed by atoms with van der Waals surface area (Å²) >= 11 is 4.04. The lowest BCUT2D eigenvalue weighted by Gasteiger charge is -2.23. The van der Waals surface area contributed by atoms with Crippen molar-refractivity contribution in [3.63, 3.8) is 0 Å². The summed E-state index contributed by atoms with van der Waals surface area (Å²) in [6, 6.07) is 3.03. The molecule has 0 bridgehead atoms. The van der Waals surface area contributed by atoms with Crippen LogP contribution in [0.3, 0.4) is 0 Å². The van der Waals surface area contributed by atoms with Crippen LogP contribution in [0.5, 0.6) is 11.5 Å². The highest BCUT2D eigenvalue weighted by atomic mass is 32.1. The maximum Gasteiger partial charge on any atom is 0.128 e. The van der Waals surface area contributed by atoms with E-state index in [1.807, 2.05) is 11.1 Å². The molecule has 1 aromatic carbocycles. The first-order valence-corrected chi connectivity index (χ1v) is 6.20. The lowest BCUT2D eigenvalue weighted by molar-refractivity contribution is -0.272. The molecule has 0 spiro atoms. The van der Waals surface area contributed by atoms with Gasteiger partial charge in [-0.15, -0.1) is 45.2 Å². The van der Waals surface area contributed by atoms with Crippen LogP contribution < -0.4 is 32.6 Å². The van der Waals surface area contributed by atoms with E-state index in [9.17, 15) is 20.6 Å². The minimum absolute atomic E-state index is 0.142. The number of hydrogen-bond acceptors (Lipinski definition) is 13. The van der Waals surface area contributed by atoms with Gasteiger partial charge in [-0.2, -0.15) is 0 Å². The lowest BCUT2D eigenvalue weighted by atomic mass is 10.3. The molecule has 12 nitrogen and oxygen atoms in total. The molecule has 0 saturated heterocycles. The number of phenolic OH excluding ortho intramolecular Hbond substituents is 1. The average Bonchev–Trinajstić information content (AvgIpc) is 2.35. The van der Waals surface area contributed by atoms with Crippen molar-refractivity contribution in [1.29, 1.82) is 0 Å². The Morgan fingerprint density at radius 1 is 1.18 bits per heavy atom. The maximum atomic E-state index is 11.1. The third-order valence-corrected chi connectivity index (χ3v) is 1.92. The van der Waals surface area contributed by atoms with Crippen molar-refractivity contribution >= 4 is 18.3 Å². The number of anilines is 1. The fourth-order valence-corrected chi connectivity index (χ4v) is 1.10. The van der Waals surface area contributed by atoms with Gasteiger partial charge in [0.05, 0.1) is 5.69 Å². The molecule has 0 aliphatic heterocycles. The number of nitrogens with zero attached hydrogens (tertiary/aromatic N) is 2. The Hall–Kier alpha value is -1.39. The standard InChI is InChI=1S/C9H18N6O6S/c1-9(2,22)20-12-10-15(19)11-13-21-14(18)6-3-7(16)5-8(17)4-6/h3-5,10-13,16-19,22H,1-2H3/p-1. The topological polar surface area (TPSA) is 157 Å². The summed E-state index contributed by atoms with van der Waals surface area (Å²) in [6.45, 7) is 3.29. The number of hydrogen-bond donors (Lipinski definition) is 8. The highest BCUT2D eigenvalue weighted by Gasteiger charge is 2.12. The molecule has 13 heteroatoms. The van der Waals surface area contributed by atoms with E-state index in [1.54, 1.807) is 13.8 Å². The Kier molecular flexibility index (Phi) is 7.04. The molecule has 1 rings (SSSR count). The number of thiol groups is 1. The van der Waals surface area contributed by atoms with Crippen molar-refractivity contribution < 1.29 is 30.4 Å². The van der Waals surface area contributed by atoms with Crippen LogP contribution in [0, 0.1) is 0 Å². The predicted molar refractivity (Wildman–Crippen MR) is 73.2 cm³/mol. The van der Waals surface area contributed by atoms with E-state index in [-0.39, 0.29) is 21.9 Å². The third-order valence-electron chi connectivity index (χ3n) is 1.83. The first kappa shape index (κ1) is 18.7. The van der Waals surface area contributed by atoms with Gasteiger partial charge in [-0.25, -0.2) is 0 Å². The van der Waals surface area contributed by atoms with Crippen LogP contribution in [0.4, 0.5) is 5.69 Å². The first-order valence-electron chi connectivity index (χ1n) is 5.75. The third kappa shape index (κ3) is 7.57. The maximum absolute atomic E-state index is 11.1. The molecule has 126 valence electrons. The second-order valence-electron chi connectivity index (χ2n) is 4.34. The zero-order valence-corrected chi connectivity index (χ0v) is 12.5. The normalized spacial score (nSPS) is 11.9. The van der Waals surface area contributed by atoms with Gasteiger partial charge in [-0.05, 0) is 31.3 Å². The largest absolute Gasteiger partial charge is 0.872 e. The molecule has 0 saturated carbocycles. The quantitative estimate of drug-likeness (QED) is 0.155. The SMILES string of the molecule is CC(C)(S)ONNN(O)NNON(O)c1cc([O-])cc(O)c1. The van der Waals surface area contributed by atoms with Gasteiger partial charge >= 0.3 is 0 Å². The van der Waals surface area contributed by atoms with Crippen molar-refractivity contribution in [2.45, 2.75) is 18.8 Å². The zero-order chi connectivity index (χ0) is 16.8. The number of aromatic hydroxyl groups is 1. The van der Waals surface area contributed by atoms with E-state index in [0.29, 0.717) is 0 Å². The van der Waals surface area contributed by atoms with Gasteiger partial charge in [0.15, 0.2) is 0 Å². The number of hydrazine groups is 4. The van der Waals surface area contributed by atoms with Crippen molar-refractivity contribution in [2.75, 3.05) is 5.23 Å². The van der Waals surface area contributed by atoms with E-state index < -0.39 is 10.7 Å². The van der Waals surface area contributed by atoms with E-state index in [1.165, 1.54) is 0 Å². The molecular weight excluding hydrogens is 320 g/mol. The van der Waals surface area contributed by atoms with Crippen LogP contribution >= 0.6 is 12.6 Å². The molecule has 22 heavy (non-hydrogen) atoms.